The maximum absolute atomic E-state index is 13.3. The molecule has 1 aliphatic rings. The molecule has 1 aromatic heterocycles. The van der Waals surface area contributed by atoms with E-state index in [1.807, 2.05) is 0 Å². The zero-order valence-corrected chi connectivity index (χ0v) is 10.0. The van der Waals surface area contributed by atoms with Crippen molar-refractivity contribution in [1.82, 2.24) is 9.55 Å². The average Bonchev–Trinajstić information content (AvgIpc) is 2.75. The van der Waals surface area contributed by atoms with Crippen LogP contribution >= 0.6 is 0 Å². The predicted octanol–water partition coefficient (Wildman–Crippen LogP) is 2.51. The van der Waals surface area contributed by atoms with Crippen LogP contribution in [0.15, 0.2) is 23.1 Å². The lowest BCUT2D eigenvalue weighted by Gasteiger charge is -2.01. The molecule has 1 aliphatic heterocycles. The van der Waals surface area contributed by atoms with Gasteiger partial charge in [0, 0.05) is 12.1 Å². The Morgan fingerprint density at radius 2 is 2.12 bits per heavy atom. The monoisotopic (exact) mass is 234 g/mol. The summed E-state index contributed by atoms with van der Waals surface area (Å²) < 4.78 is 14.9. The van der Waals surface area contributed by atoms with Crippen molar-refractivity contribution in [1.29, 1.82) is 0 Å². The Bertz CT molecular complexity index is 604. The molecule has 2 heterocycles. The molecule has 0 fully saturated rings. The second kappa shape index (κ2) is 4.65. The summed E-state index contributed by atoms with van der Waals surface area (Å²) in [5, 5.41) is 0. The molecule has 17 heavy (non-hydrogen) atoms. The van der Waals surface area contributed by atoms with Gasteiger partial charge in [0.05, 0.1) is 17.2 Å². The maximum Gasteiger partial charge on any atom is 0.269 e. The van der Waals surface area contributed by atoms with E-state index in [1.54, 1.807) is 10.6 Å². The van der Waals surface area contributed by atoms with Crippen molar-refractivity contribution in [2.45, 2.75) is 33.2 Å². The van der Waals surface area contributed by atoms with Crippen LogP contribution in [0.5, 0.6) is 0 Å². The van der Waals surface area contributed by atoms with Crippen molar-refractivity contribution >= 4 is 11.0 Å². The van der Waals surface area contributed by atoms with E-state index in [4.69, 9.17) is 0 Å². The number of aromatic nitrogens is 2. The van der Waals surface area contributed by atoms with Crippen molar-refractivity contribution in [3.8, 4) is 0 Å². The van der Waals surface area contributed by atoms with Gasteiger partial charge in [-0.2, -0.15) is 0 Å². The lowest BCUT2D eigenvalue weighted by Crippen LogP contribution is -2.17. The van der Waals surface area contributed by atoms with Gasteiger partial charge >= 0.3 is 0 Å². The van der Waals surface area contributed by atoms with Gasteiger partial charge in [0.15, 0.2) is 0 Å². The molecule has 0 N–H and O–H groups in total. The van der Waals surface area contributed by atoms with Crippen molar-refractivity contribution in [3.05, 3.63) is 40.1 Å². The van der Waals surface area contributed by atoms with Crippen molar-refractivity contribution < 1.29 is 4.39 Å². The summed E-state index contributed by atoms with van der Waals surface area (Å²) in [6.07, 6.45) is 3.12. The van der Waals surface area contributed by atoms with Crippen LogP contribution in [0.2, 0.25) is 0 Å². The average molecular weight is 234 g/mol. The second-order valence-electron chi connectivity index (χ2n) is 4.10. The number of nitrogens with zero attached hydrogens (tertiary/aromatic N) is 2. The fourth-order valence-corrected chi connectivity index (χ4v) is 1.99. The van der Waals surface area contributed by atoms with Crippen LogP contribution < -0.4 is 5.56 Å². The molecule has 0 amide bonds. The minimum atomic E-state index is -0.240. The molecule has 0 atom stereocenters. The van der Waals surface area contributed by atoms with E-state index in [1.165, 1.54) is 18.7 Å². The van der Waals surface area contributed by atoms with Gasteiger partial charge < -0.3 is 4.57 Å². The molecule has 2 aromatic rings. The zero-order valence-electron chi connectivity index (χ0n) is 10.0. The number of aryl methyl sites for hydroxylation is 2. The highest BCUT2D eigenvalue weighted by atomic mass is 19.1. The van der Waals surface area contributed by atoms with Gasteiger partial charge in [-0.25, -0.2) is 9.37 Å². The topological polar surface area (TPSA) is 34.9 Å². The van der Waals surface area contributed by atoms with E-state index in [0.717, 1.165) is 0 Å². The highest BCUT2D eigenvalue weighted by Crippen LogP contribution is 2.24. The third-order valence-corrected chi connectivity index (χ3v) is 2.64. The first-order valence-corrected chi connectivity index (χ1v) is 5.86. The fourth-order valence-electron chi connectivity index (χ4n) is 1.99. The Labute approximate surface area is 98.9 Å². The first-order valence-electron chi connectivity index (χ1n) is 5.86. The zero-order chi connectivity index (χ0) is 12.4. The molecule has 0 aliphatic carbocycles. The van der Waals surface area contributed by atoms with Crippen LogP contribution in [-0.2, 0) is 13.0 Å². The summed E-state index contributed by atoms with van der Waals surface area (Å²) in [5.74, 6) is -0.240. The standard InChI is InChI=1S/C10H7FN2O.C3H8/c11-7-1-2-8-10-6(7)3-4-13(10)9(14)5-12-8;1-3-2/h1-2,5H,3-4H2;3H2,1-2H3. The third kappa shape index (κ3) is 1.95. The summed E-state index contributed by atoms with van der Waals surface area (Å²) >= 11 is 0. The number of halogens is 1. The van der Waals surface area contributed by atoms with Crippen molar-refractivity contribution in [2.75, 3.05) is 0 Å². The van der Waals surface area contributed by atoms with Crippen LogP contribution in [0.4, 0.5) is 4.39 Å². The Morgan fingerprint density at radius 3 is 2.82 bits per heavy atom. The summed E-state index contributed by atoms with van der Waals surface area (Å²) in [4.78, 5) is 15.4. The lowest BCUT2D eigenvalue weighted by molar-refractivity contribution is 0.612. The van der Waals surface area contributed by atoms with Gasteiger partial charge in [-0.3, -0.25) is 4.79 Å². The summed E-state index contributed by atoms with van der Waals surface area (Å²) in [5.41, 5.74) is 1.82. The molecule has 0 bridgehead atoms. The van der Waals surface area contributed by atoms with E-state index in [9.17, 15) is 9.18 Å². The Kier molecular flexibility index (Phi) is 3.22. The van der Waals surface area contributed by atoms with Crippen molar-refractivity contribution in [3.63, 3.8) is 0 Å². The normalized spacial score (nSPS) is 12.4. The summed E-state index contributed by atoms with van der Waals surface area (Å²) in [7, 11) is 0. The van der Waals surface area contributed by atoms with Gasteiger partial charge in [0.1, 0.15) is 5.82 Å². The van der Waals surface area contributed by atoms with Crippen LogP contribution in [0.1, 0.15) is 25.8 Å². The highest BCUT2D eigenvalue weighted by molar-refractivity contribution is 5.79. The van der Waals surface area contributed by atoms with Gasteiger partial charge in [-0.15, -0.1) is 0 Å². The van der Waals surface area contributed by atoms with Crippen LogP contribution in [0.25, 0.3) is 11.0 Å². The molecule has 0 saturated heterocycles. The Morgan fingerprint density at radius 1 is 1.41 bits per heavy atom. The number of hydrogen-bond acceptors (Lipinski definition) is 2. The molecular weight excluding hydrogens is 219 g/mol. The van der Waals surface area contributed by atoms with E-state index in [2.05, 4.69) is 18.8 Å². The smallest absolute Gasteiger partial charge is 0.269 e. The van der Waals surface area contributed by atoms with Crippen molar-refractivity contribution in [2.24, 2.45) is 0 Å². The predicted molar refractivity (Wildman–Crippen MR) is 65.6 cm³/mol. The summed E-state index contributed by atoms with van der Waals surface area (Å²) in [6.45, 7) is 4.81. The Hall–Kier alpha value is -1.71. The first-order chi connectivity index (χ1) is 8.19. The molecule has 1 aromatic carbocycles. The quantitative estimate of drug-likeness (QED) is 0.702. The molecule has 0 radical (unpaired) electrons. The molecule has 90 valence electrons. The van der Waals surface area contributed by atoms with E-state index in [-0.39, 0.29) is 11.4 Å². The molecule has 4 heteroatoms. The van der Waals surface area contributed by atoms with Gasteiger partial charge in [-0.05, 0) is 18.6 Å². The largest absolute Gasteiger partial charge is 0.305 e. The van der Waals surface area contributed by atoms with E-state index in [0.29, 0.717) is 29.6 Å². The first kappa shape index (κ1) is 11.8. The molecule has 3 nitrogen and oxygen atoms in total. The molecule has 0 saturated carbocycles. The SMILES string of the molecule is CCC.O=c1cnc2ccc(F)c3c2n1CC3. The third-order valence-electron chi connectivity index (χ3n) is 2.64. The second-order valence-corrected chi connectivity index (χ2v) is 4.10. The lowest BCUT2D eigenvalue weighted by atomic mass is 10.1. The van der Waals surface area contributed by atoms with Gasteiger partial charge in [0.25, 0.3) is 5.56 Å². The van der Waals surface area contributed by atoms with Crippen LogP contribution in [-0.4, -0.2) is 9.55 Å². The minimum absolute atomic E-state index is 0.151. The molecule has 0 spiro atoms. The number of benzene rings is 1. The van der Waals surface area contributed by atoms with Crippen LogP contribution in [0, 0.1) is 5.82 Å². The highest BCUT2D eigenvalue weighted by Gasteiger charge is 2.18. The maximum atomic E-state index is 13.3. The number of hydrogen-bond donors (Lipinski definition) is 0. The molecule has 3 rings (SSSR count). The Balaban J connectivity index is 0.000000329. The number of rotatable bonds is 0. The molecular formula is C13H15FN2O. The van der Waals surface area contributed by atoms with E-state index >= 15 is 0 Å². The van der Waals surface area contributed by atoms with Gasteiger partial charge in [0.2, 0.25) is 0 Å². The van der Waals surface area contributed by atoms with Gasteiger partial charge in [-0.1, -0.05) is 20.3 Å². The van der Waals surface area contributed by atoms with Crippen LogP contribution in [0.3, 0.4) is 0 Å². The fraction of sp³-hybridized carbons (Fsp3) is 0.385. The molecule has 0 unspecified atom stereocenters. The summed E-state index contributed by atoms with van der Waals surface area (Å²) in [6, 6.07) is 3.01. The minimum Gasteiger partial charge on any atom is -0.305 e. The van der Waals surface area contributed by atoms with E-state index < -0.39 is 0 Å².